The lowest BCUT2D eigenvalue weighted by Crippen LogP contribution is -2.31. The van der Waals surface area contributed by atoms with Crippen molar-refractivity contribution in [3.63, 3.8) is 0 Å². The van der Waals surface area contributed by atoms with Gasteiger partial charge in [-0.3, -0.25) is 4.68 Å². The lowest BCUT2D eigenvalue weighted by atomic mass is 9.83. The third-order valence-corrected chi connectivity index (χ3v) is 3.61. The second kappa shape index (κ2) is 4.55. The van der Waals surface area contributed by atoms with Gasteiger partial charge in [0.25, 0.3) is 0 Å². The van der Waals surface area contributed by atoms with Crippen LogP contribution in [-0.4, -0.2) is 34.6 Å². The zero-order valence-electron chi connectivity index (χ0n) is 10.2. The van der Waals surface area contributed by atoms with Gasteiger partial charge in [0.2, 0.25) is 0 Å². The molecule has 0 amide bonds. The van der Waals surface area contributed by atoms with Crippen LogP contribution in [-0.2, 0) is 19.9 Å². The van der Waals surface area contributed by atoms with Crippen molar-refractivity contribution < 1.29 is 5.11 Å². The third kappa shape index (κ3) is 2.13. The summed E-state index contributed by atoms with van der Waals surface area (Å²) in [5.41, 5.74) is 2.39. The Bertz CT molecular complexity index is 353. The van der Waals surface area contributed by atoms with E-state index in [0.717, 1.165) is 38.0 Å². The van der Waals surface area contributed by atoms with Crippen LogP contribution in [0.4, 0.5) is 0 Å². The molecule has 0 bridgehead atoms. The van der Waals surface area contributed by atoms with E-state index in [1.807, 2.05) is 11.7 Å². The van der Waals surface area contributed by atoms with E-state index in [4.69, 9.17) is 0 Å². The quantitative estimate of drug-likeness (QED) is 0.781. The summed E-state index contributed by atoms with van der Waals surface area (Å²) >= 11 is 0. The maximum atomic E-state index is 9.56. The highest BCUT2D eigenvalue weighted by Gasteiger charge is 2.34. The van der Waals surface area contributed by atoms with Crippen LogP contribution in [0.2, 0.25) is 0 Å². The van der Waals surface area contributed by atoms with E-state index in [-0.39, 0.29) is 12.0 Å². The molecule has 1 aliphatic heterocycles. The summed E-state index contributed by atoms with van der Waals surface area (Å²) in [6, 6.07) is 2.16. The molecule has 0 saturated carbocycles. The second-order valence-corrected chi connectivity index (χ2v) is 4.87. The fraction of sp³-hybridized carbons (Fsp3) is 0.750. The van der Waals surface area contributed by atoms with Gasteiger partial charge in [0.15, 0.2) is 0 Å². The standard InChI is InChI=1S/C12H21N3O/c1-3-10-6-11(15(2)14-10)7-12(9-16)4-5-13-8-12/h6,13,16H,3-5,7-9H2,1-2H3. The molecule has 90 valence electrons. The third-order valence-electron chi connectivity index (χ3n) is 3.61. The molecular formula is C12H21N3O. The average Bonchev–Trinajstić information content (AvgIpc) is 2.88. The minimum atomic E-state index is 0.0266. The van der Waals surface area contributed by atoms with Crippen molar-refractivity contribution in [1.82, 2.24) is 15.1 Å². The number of hydrogen-bond acceptors (Lipinski definition) is 3. The number of nitrogens with one attached hydrogen (secondary N) is 1. The molecule has 2 heterocycles. The molecule has 4 nitrogen and oxygen atoms in total. The SMILES string of the molecule is CCc1cc(CC2(CO)CCNC2)n(C)n1. The lowest BCUT2D eigenvalue weighted by Gasteiger charge is -2.25. The molecule has 1 aromatic rings. The smallest absolute Gasteiger partial charge is 0.0624 e. The number of aryl methyl sites for hydroxylation is 2. The molecule has 1 atom stereocenters. The van der Waals surface area contributed by atoms with Crippen molar-refractivity contribution in [3.05, 3.63) is 17.5 Å². The predicted molar refractivity (Wildman–Crippen MR) is 63.3 cm³/mol. The van der Waals surface area contributed by atoms with Crippen LogP contribution in [0.5, 0.6) is 0 Å². The summed E-state index contributed by atoms with van der Waals surface area (Å²) in [6.45, 7) is 4.30. The van der Waals surface area contributed by atoms with Crippen LogP contribution < -0.4 is 5.32 Å². The maximum absolute atomic E-state index is 9.56. The number of hydrogen-bond donors (Lipinski definition) is 2. The van der Waals surface area contributed by atoms with E-state index in [1.54, 1.807) is 0 Å². The van der Waals surface area contributed by atoms with E-state index >= 15 is 0 Å². The topological polar surface area (TPSA) is 50.1 Å². The van der Waals surface area contributed by atoms with Crippen molar-refractivity contribution >= 4 is 0 Å². The molecule has 2 N–H and O–H groups in total. The highest BCUT2D eigenvalue weighted by molar-refractivity contribution is 5.13. The fourth-order valence-electron chi connectivity index (χ4n) is 2.43. The molecular weight excluding hydrogens is 202 g/mol. The number of aliphatic hydroxyl groups excluding tert-OH is 1. The highest BCUT2D eigenvalue weighted by atomic mass is 16.3. The van der Waals surface area contributed by atoms with Gasteiger partial charge < -0.3 is 10.4 Å². The van der Waals surface area contributed by atoms with Gasteiger partial charge in [0.1, 0.15) is 0 Å². The van der Waals surface area contributed by atoms with E-state index < -0.39 is 0 Å². The Morgan fingerprint density at radius 3 is 2.94 bits per heavy atom. The van der Waals surface area contributed by atoms with Crippen LogP contribution in [0.3, 0.4) is 0 Å². The molecule has 16 heavy (non-hydrogen) atoms. The van der Waals surface area contributed by atoms with Crippen molar-refractivity contribution in [2.75, 3.05) is 19.7 Å². The molecule has 2 rings (SSSR count). The molecule has 0 spiro atoms. The second-order valence-electron chi connectivity index (χ2n) is 4.87. The molecule has 1 unspecified atom stereocenters. The first-order chi connectivity index (χ1) is 7.69. The van der Waals surface area contributed by atoms with Gasteiger partial charge in [-0.1, -0.05) is 6.92 Å². The van der Waals surface area contributed by atoms with Crippen LogP contribution in [0.25, 0.3) is 0 Å². The van der Waals surface area contributed by atoms with Crippen molar-refractivity contribution in [2.24, 2.45) is 12.5 Å². The molecule has 1 aromatic heterocycles. The summed E-state index contributed by atoms with van der Waals surface area (Å²) in [7, 11) is 1.99. The van der Waals surface area contributed by atoms with Crippen molar-refractivity contribution in [2.45, 2.75) is 26.2 Å². The van der Waals surface area contributed by atoms with Crippen LogP contribution in [0, 0.1) is 5.41 Å². The van der Waals surface area contributed by atoms with Crippen molar-refractivity contribution in [3.8, 4) is 0 Å². The Labute approximate surface area is 96.7 Å². The first-order valence-electron chi connectivity index (χ1n) is 6.02. The Kier molecular flexibility index (Phi) is 3.30. The molecule has 0 aromatic carbocycles. The lowest BCUT2D eigenvalue weighted by molar-refractivity contribution is 0.140. The number of rotatable bonds is 4. The number of aromatic nitrogens is 2. The summed E-state index contributed by atoms with van der Waals surface area (Å²) in [6.07, 6.45) is 2.94. The number of nitrogens with zero attached hydrogens (tertiary/aromatic N) is 2. The molecule has 0 aliphatic carbocycles. The molecule has 0 radical (unpaired) electrons. The van der Waals surface area contributed by atoms with Crippen LogP contribution in [0.1, 0.15) is 24.7 Å². The summed E-state index contributed by atoms with van der Waals surface area (Å²) in [5.74, 6) is 0. The van der Waals surface area contributed by atoms with Crippen LogP contribution in [0.15, 0.2) is 6.07 Å². The number of aliphatic hydroxyl groups is 1. The molecule has 1 saturated heterocycles. The largest absolute Gasteiger partial charge is 0.396 e. The monoisotopic (exact) mass is 223 g/mol. The van der Waals surface area contributed by atoms with E-state index in [0.29, 0.717) is 0 Å². The van der Waals surface area contributed by atoms with Crippen LogP contribution >= 0.6 is 0 Å². The van der Waals surface area contributed by atoms with Gasteiger partial charge in [-0.2, -0.15) is 5.10 Å². The Hall–Kier alpha value is -0.870. The predicted octanol–water partition coefficient (Wildman–Crippen LogP) is 0.497. The minimum Gasteiger partial charge on any atom is -0.396 e. The Morgan fingerprint density at radius 2 is 2.44 bits per heavy atom. The van der Waals surface area contributed by atoms with Crippen molar-refractivity contribution in [1.29, 1.82) is 0 Å². The Balaban J connectivity index is 2.15. The highest BCUT2D eigenvalue weighted by Crippen LogP contribution is 2.29. The van der Waals surface area contributed by atoms with E-state index in [1.165, 1.54) is 5.69 Å². The molecule has 4 heteroatoms. The van der Waals surface area contributed by atoms with Gasteiger partial charge in [-0.05, 0) is 31.9 Å². The summed E-state index contributed by atoms with van der Waals surface area (Å²) < 4.78 is 1.95. The van der Waals surface area contributed by atoms with Gasteiger partial charge in [0, 0.05) is 24.7 Å². The zero-order valence-corrected chi connectivity index (χ0v) is 10.2. The van der Waals surface area contributed by atoms with E-state index in [9.17, 15) is 5.11 Å². The van der Waals surface area contributed by atoms with E-state index in [2.05, 4.69) is 23.4 Å². The van der Waals surface area contributed by atoms with Gasteiger partial charge in [-0.25, -0.2) is 0 Å². The normalized spacial score (nSPS) is 25.2. The average molecular weight is 223 g/mol. The molecule has 1 fully saturated rings. The minimum absolute atomic E-state index is 0.0266. The van der Waals surface area contributed by atoms with Gasteiger partial charge in [-0.15, -0.1) is 0 Å². The zero-order chi connectivity index (χ0) is 11.6. The first kappa shape index (κ1) is 11.6. The summed E-state index contributed by atoms with van der Waals surface area (Å²) in [5, 5.41) is 17.3. The Morgan fingerprint density at radius 1 is 1.62 bits per heavy atom. The van der Waals surface area contributed by atoms with Gasteiger partial charge in [0.05, 0.1) is 12.3 Å². The molecule has 1 aliphatic rings. The first-order valence-corrected chi connectivity index (χ1v) is 6.02. The summed E-state index contributed by atoms with van der Waals surface area (Å²) in [4.78, 5) is 0. The maximum Gasteiger partial charge on any atom is 0.0624 e. The fourth-order valence-corrected chi connectivity index (χ4v) is 2.43. The van der Waals surface area contributed by atoms with Gasteiger partial charge >= 0.3 is 0 Å².